The van der Waals surface area contributed by atoms with Gasteiger partial charge in [0.15, 0.2) is 5.16 Å². The molecule has 0 saturated heterocycles. The minimum absolute atomic E-state index is 0.166. The summed E-state index contributed by atoms with van der Waals surface area (Å²) in [5, 5.41) is 5.94. The molecule has 4 rings (SSSR count). The van der Waals surface area contributed by atoms with Gasteiger partial charge in [0.25, 0.3) is 5.56 Å². The van der Waals surface area contributed by atoms with E-state index in [4.69, 9.17) is 4.42 Å². The van der Waals surface area contributed by atoms with Crippen LogP contribution >= 0.6 is 11.8 Å². The number of nitrogens with zero attached hydrogens (tertiary/aromatic N) is 2. The van der Waals surface area contributed by atoms with E-state index >= 15 is 0 Å². The van der Waals surface area contributed by atoms with Gasteiger partial charge in [-0.05, 0) is 55.5 Å². The van der Waals surface area contributed by atoms with Crippen LogP contribution in [0.15, 0.2) is 81.3 Å². The smallest absolute Gasteiger partial charge is 0.262 e. The molecule has 1 atom stereocenters. The molecule has 0 bridgehead atoms. The molecule has 168 valence electrons. The van der Waals surface area contributed by atoms with Crippen LogP contribution in [0.4, 0.5) is 11.4 Å². The number of aromatic nitrogens is 2. The Morgan fingerprint density at radius 3 is 2.39 bits per heavy atom. The van der Waals surface area contributed by atoms with Gasteiger partial charge in [-0.25, -0.2) is 4.98 Å². The predicted molar refractivity (Wildman–Crippen MR) is 129 cm³/mol. The first kappa shape index (κ1) is 22.3. The molecule has 0 saturated carbocycles. The van der Waals surface area contributed by atoms with E-state index in [2.05, 4.69) is 15.6 Å². The molecule has 0 radical (unpaired) electrons. The van der Waals surface area contributed by atoms with Crippen molar-refractivity contribution < 1.29 is 14.0 Å². The van der Waals surface area contributed by atoms with Crippen molar-refractivity contribution in [1.29, 1.82) is 0 Å². The molecule has 4 aromatic rings. The van der Waals surface area contributed by atoms with Crippen LogP contribution in [0.2, 0.25) is 0 Å². The Labute approximate surface area is 194 Å². The molecule has 8 nitrogen and oxygen atoms in total. The number of carbonyl (C=O) groups excluding carboxylic acids is 2. The molecule has 0 fully saturated rings. The third-order valence-electron chi connectivity index (χ3n) is 4.84. The quantitative estimate of drug-likeness (QED) is 0.316. The second-order valence-electron chi connectivity index (χ2n) is 7.39. The van der Waals surface area contributed by atoms with Crippen LogP contribution in [0, 0.1) is 0 Å². The van der Waals surface area contributed by atoms with E-state index in [9.17, 15) is 14.4 Å². The Hall–Kier alpha value is -3.85. The molecule has 0 aliphatic heterocycles. The van der Waals surface area contributed by atoms with Gasteiger partial charge in [-0.3, -0.25) is 19.0 Å². The van der Waals surface area contributed by atoms with E-state index in [-0.39, 0.29) is 23.9 Å². The lowest BCUT2D eigenvalue weighted by molar-refractivity contribution is -0.115. The predicted octanol–water partition coefficient (Wildman–Crippen LogP) is 4.12. The summed E-state index contributed by atoms with van der Waals surface area (Å²) in [7, 11) is 0. The summed E-state index contributed by atoms with van der Waals surface area (Å²) in [6.07, 6.45) is 1.55. The average molecular weight is 463 g/mol. The number of hydrogen-bond acceptors (Lipinski definition) is 6. The molecule has 9 heteroatoms. The van der Waals surface area contributed by atoms with Crippen molar-refractivity contribution in [1.82, 2.24) is 9.55 Å². The maximum absolute atomic E-state index is 13.2. The molecule has 2 aromatic heterocycles. The van der Waals surface area contributed by atoms with Gasteiger partial charge in [0.05, 0.1) is 29.0 Å². The molecule has 2 amide bonds. The third-order valence-corrected chi connectivity index (χ3v) is 5.94. The lowest BCUT2D eigenvalue weighted by atomic mass is 10.2. The molecule has 33 heavy (non-hydrogen) atoms. The SMILES string of the molecule is CC(=O)Nc1ccc(NC(=O)[C@H](C)Sc2nc3ccccc3c(=O)n2Cc2ccco2)cc1. The van der Waals surface area contributed by atoms with Gasteiger partial charge >= 0.3 is 0 Å². The first-order chi connectivity index (χ1) is 15.9. The van der Waals surface area contributed by atoms with Gasteiger partial charge < -0.3 is 15.1 Å². The van der Waals surface area contributed by atoms with Crippen molar-refractivity contribution >= 4 is 45.9 Å². The second kappa shape index (κ2) is 9.74. The second-order valence-corrected chi connectivity index (χ2v) is 8.70. The maximum Gasteiger partial charge on any atom is 0.262 e. The number of para-hydroxylation sites is 1. The van der Waals surface area contributed by atoms with Crippen LogP contribution in [0.3, 0.4) is 0 Å². The van der Waals surface area contributed by atoms with Gasteiger partial charge in [-0.15, -0.1) is 0 Å². The molecule has 0 unspecified atom stereocenters. The van der Waals surface area contributed by atoms with Gasteiger partial charge in [0.1, 0.15) is 5.76 Å². The van der Waals surface area contributed by atoms with E-state index in [1.807, 2.05) is 6.07 Å². The Bertz CT molecular complexity index is 1350. The standard InChI is InChI=1S/C24H22N4O4S/c1-15(22(30)26-18-11-9-17(10-12-18)25-16(2)29)33-24-27-21-8-4-3-7-20(21)23(31)28(24)14-19-6-5-13-32-19/h3-13,15H,14H2,1-2H3,(H,25,29)(H,26,30)/t15-/m0/s1. The summed E-state index contributed by atoms with van der Waals surface area (Å²) >= 11 is 1.20. The normalized spacial score (nSPS) is 11.8. The number of carbonyl (C=O) groups is 2. The van der Waals surface area contributed by atoms with Crippen molar-refractivity contribution in [3.63, 3.8) is 0 Å². The highest BCUT2D eigenvalue weighted by Crippen LogP contribution is 2.25. The van der Waals surface area contributed by atoms with Crippen LogP contribution < -0.4 is 16.2 Å². The number of amides is 2. The zero-order valence-corrected chi connectivity index (χ0v) is 18.9. The Balaban J connectivity index is 1.56. The van der Waals surface area contributed by atoms with Crippen molar-refractivity contribution in [2.75, 3.05) is 10.6 Å². The van der Waals surface area contributed by atoms with E-state index in [1.165, 1.54) is 23.3 Å². The highest BCUT2D eigenvalue weighted by atomic mass is 32.2. The lowest BCUT2D eigenvalue weighted by Crippen LogP contribution is -2.27. The van der Waals surface area contributed by atoms with Crippen LogP contribution in [0.1, 0.15) is 19.6 Å². The molecular formula is C24H22N4O4S. The Kier molecular flexibility index (Phi) is 6.60. The summed E-state index contributed by atoms with van der Waals surface area (Å²) in [4.78, 5) is 41.8. The van der Waals surface area contributed by atoms with Crippen molar-refractivity contribution in [3.8, 4) is 0 Å². The zero-order valence-electron chi connectivity index (χ0n) is 18.1. The minimum atomic E-state index is -0.532. The molecule has 2 heterocycles. The van der Waals surface area contributed by atoms with Crippen LogP contribution in [-0.2, 0) is 16.1 Å². The number of fused-ring (bicyclic) bond motifs is 1. The topological polar surface area (TPSA) is 106 Å². The van der Waals surface area contributed by atoms with Gasteiger partial charge in [0, 0.05) is 18.3 Å². The number of benzene rings is 2. The van der Waals surface area contributed by atoms with Crippen molar-refractivity contribution in [2.45, 2.75) is 30.8 Å². The lowest BCUT2D eigenvalue weighted by Gasteiger charge is -2.16. The summed E-state index contributed by atoms with van der Waals surface area (Å²) < 4.78 is 6.95. The highest BCUT2D eigenvalue weighted by Gasteiger charge is 2.20. The molecule has 2 aromatic carbocycles. The molecule has 0 aliphatic rings. The Morgan fingerprint density at radius 1 is 1.03 bits per heavy atom. The summed E-state index contributed by atoms with van der Waals surface area (Å²) in [6, 6.07) is 17.5. The molecule has 2 N–H and O–H groups in total. The third kappa shape index (κ3) is 5.32. The maximum atomic E-state index is 13.2. The van der Waals surface area contributed by atoms with Gasteiger partial charge in [-0.1, -0.05) is 23.9 Å². The number of hydrogen-bond donors (Lipinski definition) is 2. The van der Waals surface area contributed by atoms with Crippen LogP contribution in [0.5, 0.6) is 0 Å². The van der Waals surface area contributed by atoms with E-state index in [0.717, 1.165) is 0 Å². The molecule has 0 spiro atoms. The number of furan rings is 1. The van der Waals surface area contributed by atoms with E-state index < -0.39 is 5.25 Å². The summed E-state index contributed by atoms with van der Waals surface area (Å²) in [6.45, 7) is 3.40. The first-order valence-corrected chi connectivity index (χ1v) is 11.2. The highest BCUT2D eigenvalue weighted by molar-refractivity contribution is 8.00. The number of nitrogens with one attached hydrogen (secondary N) is 2. The number of anilines is 2. The molecule has 0 aliphatic carbocycles. The largest absolute Gasteiger partial charge is 0.467 e. The van der Waals surface area contributed by atoms with Gasteiger partial charge in [0.2, 0.25) is 11.8 Å². The minimum Gasteiger partial charge on any atom is -0.467 e. The van der Waals surface area contributed by atoms with E-state index in [0.29, 0.717) is 33.2 Å². The monoisotopic (exact) mass is 462 g/mol. The van der Waals surface area contributed by atoms with Crippen molar-refractivity contribution in [3.05, 3.63) is 83.0 Å². The van der Waals surface area contributed by atoms with Crippen LogP contribution in [0.25, 0.3) is 10.9 Å². The number of thioether (sulfide) groups is 1. The zero-order chi connectivity index (χ0) is 23.4. The summed E-state index contributed by atoms with van der Waals surface area (Å²) in [5.74, 6) is 0.215. The fraction of sp³-hybridized carbons (Fsp3) is 0.167. The average Bonchev–Trinajstić information content (AvgIpc) is 3.30. The fourth-order valence-electron chi connectivity index (χ4n) is 3.23. The molecular weight excluding hydrogens is 440 g/mol. The van der Waals surface area contributed by atoms with Gasteiger partial charge in [-0.2, -0.15) is 0 Å². The summed E-state index contributed by atoms with van der Waals surface area (Å²) in [5.41, 5.74) is 1.62. The Morgan fingerprint density at radius 2 is 1.73 bits per heavy atom. The fourth-order valence-corrected chi connectivity index (χ4v) is 4.14. The number of rotatable bonds is 7. The van der Waals surface area contributed by atoms with Crippen molar-refractivity contribution in [2.24, 2.45) is 0 Å². The van der Waals surface area contributed by atoms with Crippen LogP contribution in [-0.4, -0.2) is 26.6 Å². The van der Waals surface area contributed by atoms with E-state index in [1.54, 1.807) is 67.8 Å². The first-order valence-electron chi connectivity index (χ1n) is 10.3.